The van der Waals surface area contributed by atoms with E-state index in [0.29, 0.717) is 11.6 Å². The molecule has 0 atom stereocenters. The maximum absolute atomic E-state index is 12.1. The summed E-state index contributed by atoms with van der Waals surface area (Å²) < 4.78 is 89.6. The van der Waals surface area contributed by atoms with Crippen molar-refractivity contribution < 1.29 is 40.7 Å². The Balaban J connectivity index is 0.000000422. The van der Waals surface area contributed by atoms with Crippen molar-refractivity contribution in [2.75, 3.05) is 12.3 Å². The van der Waals surface area contributed by atoms with Crippen LogP contribution in [-0.2, 0) is 10.1 Å². The molecule has 0 aliphatic heterocycles. The van der Waals surface area contributed by atoms with E-state index in [0.717, 1.165) is 0 Å². The van der Waals surface area contributed by atoms with E-state index in [2.05, 4.69) is 5.73 Å². The van der Waals surface area contributed by atoms with Gasteiger partial charge in [-0.25, -0.2) is 8.42 Å². The van der Waals surface area contributed by atoms with E-state index in [4.69, 9.17) is 11.6 Å². The number of halogens is 6. The first-order valence-electron chi connectivity index (χ1n) is 5.90. The van der Waals surface area contributed by atoms with Crippen molar-refractivity contribution in [1.82, 2.24) is 0 Å². The fraction of sp³-hybridized carbons (Fsp3) is 0.455. The smallest absolute Gasteiger partial charge is 0.464 e. The summed E-state index contributed by atoms with van der Waals surface area (Å²) in [4.78, 5) is -0.262. The van der Waals surface area contributed by atoms with Gasteiger partial charge in [-0.1, -0.05) is 23.4 Å². The largest absolute Gasteiger partial charge is 0.744 e. The minimum absolute atomic E-state index is 0.226. The third-order valence-electron chi connectivity index (χ3n) is 2.11. The van der Waals surface area contributed by atoms with Crippen LogP contribution in [0, 0.1) is 0 Å². The molecule has 0 aliphatic carbocycles. The van der Waals surface area contributed by atoms with Crippen LogP contribution >= 0.6 is 23.4 Å². The number of alkyl halides is 5. The van der Waals surface area contributed by atoms with Gasteiger partial charge in [0.2, 0.25) is 0 Å². The molecule has 134 valence electrons. The van der Waals surface area contributed by atoms with Crippen molar-refractivity contribution in [3.05, 3.63) is 29.3 Å². The molecule has 0 bridgehead atoms. The van der Waals surface area contributed by atoms with Crippen LogP contribution in [0.5, 0.6) is 0 Å². The van der Waals surface area contributed by atoms with Crippen LogP contribution in [0.1, 0.15) is 6.42 Å². The van der Waals surface area contributed by atoms with Gasteiger partial charge in [0.05, 0.1) is 11.4 Å². The molecule has 0 aromatic heterocycles. The van der Waals surface area contributed by atoms with Crippen LogP contribution in [0.3, 0.4) is 0 Å². The van der Waals surface area contributed by atoms with Gasteiger partial charge in [0.1, 0.15) is 10.1 Å². The van der Waals surface area contributed by atoms with Crippen molar-refractivity contribution in [2.24, 2.45) is 0 Å². The number of thioether (sulfide) groups is 1. The monoisotopic (exact) mass is 401 g/mol. The van der Waals surface area contributed by atoms with Gasteiger partial charge in [-0.15, -0.1) is 0 Å². The summed E-state index contributed by atoms with van der Waals surface area (Å²) >= 11 is 5.08. The molecule has 0 spiro atoms. The van der Waals surface area contributed by atoms with E-state index < -0.39 is 21.5 Å². The normalized spacial score (nSPS) is 12.5. The minimum Gasteiger partial charge on any atom is -0.744 e. The van der Waals surface area contributed by atoms with Crippen LogP contribution in [-0.4, -0.2) is 36.7 Å². The maximum Gasteiger partial charge on any atom is 0.464 e. The first-order chi connectivity index (χ1) is 10.3. The second-order valence-corrected chi connectivity index (χ2v) is 7.00. The minimum atomic E-state index is -5.45. The predicted molar refractivity (Wildman–Crippen MR) is 75.2 cm³/mol. The molecule has 1 aromatic rings. The molecule has 1 aromatic carbocycles. The molecule has 3 N–H and O–H groups in total. The third kappa shape index (κ3) is 8.70. The van der Waals surface area contributed by atoms with E-state index in [1.165, 1.54) is 24.3 Å². The Kier molecular flexibility index (Phi) is 8.77. The van der Waals surface area contributed by atoms with Crippen molar-refractivity contribution in [3.63, 3.8) is 0 Å². The predicted octanol–water partition coefficient (Wildman–Crippen LogP) is 2.75. The fourth-order valence-corrected chi connectivity index (χ4v) is 2.35. The maximum atomic E-state index is 12.1. The molecule has 4 nitrogen and oxygen atoms in total. The zero-order chi connectivity index (χ0) is 18.3. The van der Waals surface area contributed by atoms with E-state index >= 15 is 0 Å². The van der Waals surface area contributed by atoms with E-state index in [9.17, 15) is 34.9 Å². The Morgan fingerprint density at radius 3 is 1.96 bits per heavy atom. The molecule has 0 radical (unpaired) electrons. The van der Waals surface area contributed by atoms with Gasteiger partial charge in [-0.05, 0) is 24.3 Å². The molecule has 0 saturated heterocycles. The summed E-state index contributed by atoms with van der Waals surface area (Å²) in [6.45, 7) is 0.362. The zero-order valence-corrected chi connectivity index (χ0v) is 13.8. The highest BCUT2D eigenvalue weighted by molar-refractivity contribution is 8.00. The number of quaternary nitrogens is 1. The summed E-state index contributed by atoms with van der Waals surface area (Å²) in [5, 5.41) is -4.22. The molecule has 0 unspecified atom stereocenters. The number of hydrogen-bond acceptors (Lipinski definition) is 4. The van der Waals surface area contributed by atoms with Gasteiger partial charge in [-0.2, -0.15) is 22.0 Å². The van der Waals surface area contributed by atoms with Crippen molar-refractivity contribution in [2.45, 2.75) is 22.7 Å². The second-order valence-electron chi connectivity index (χ2n) is 3.98. The fourth-order valence-electron chi connectivity index (χ4n) is 0.986. The third-order valence-corrected chi connectivity index (χ3v) is 4.30. The lowest BCUT2D eigenvalue weighted by Gasteiger charge is -2.17. The summed E-state index contributed by atoms with van der Waals surface area (Å²) in [6, 6.07) is 5.05. The van der Waals surface area contributed by atoms with Gasteiger partial charge in [0.15, 0.2) is 0 Å². The first-order valence-corrected chi connectivity index (χ1v) is 8.67. The van der Waals surface area contributed by atoms with Crippen molar-refractivity contribution in [3.8, 4) is 0 Å². The average molecular weight is 402 g/mol. The second kappa shape index (κ2) is 9.02. The standard InChI is InChI=1S/C6H5ClO3S.C5H8F5NS/c7-5-1-3-6(4-2-5)11(8,9)10;6-4(7,8)5(9,10)12-3-1-2-11/h1-4H,(H,8,9,10);1-3,11H2. The first kappa shape index (κ1) is 22.4. The Labute approximate surface area is 138 Å². The molecule has 0 amide bonds. The molecule has 0 fully saturated rings. The molecule has 0 saturated carbocycles. The lowest BCUT2D eigenvalue weighted by molar-refractivity contribution is -0.367. The Bertz CT molecular complexity index is 578. The Morgan fingerprint density at radius 2 is 1.61 bits per heavy atom. The molecule has 1 rings (SSSR count). The number of hydrogen-bond donors (Lipinski definition) is 1. The van der Waals surface area contributed by atoms with Crippen LogP contribution in [0.15, 0.2) is 29.2 Å². The topological polar surface area (TPSA) is 84.8 Å². The van der Waals surface area contributed by atoms with Gasteiger partial charge in [0, 0.05) is 17.2 Å². The highest BCUT2D eigenvalue weighted by atomic mass is 35.5. The van der Waals surface area contributed by atoms with Gasteiger partial charge >= 0.3 is 11.4 Å². The van der Waals surface area contributed by atoms with Crippen LogP contribution < -0.4 is 5.73 Å². The number of rotatable bonds is 5. The van der Waals surface area contributed by atoms with E-state index in [-0.39, 0.29) is 28.8 Å². The highest BCUT2D eigenvalue weighted by Crippen LogP contribution is 2.44. The quantitative estimate of drug-likeness (QED) is 0.467. The van der Waals surface area contributed by atoms with Crippen LogP contribution in [0.4, 0.5) is 22.0 Å². The lowest BCUT2D eigenvalue weighted by Crippen LogP contribution is -2.50. The molecule has 0 heterocycles. The van der Waals surface area contributed by atoms with E-state index in [1.54, 1.807) is 0 Å². The van der Waals surface area contributed by atoms with Crippen LogP contribution in [0.2, 0.25) is 5.02 Å². The number of benzene rings is 1. The van der Waals surface area contributed by atoms with E-state index in [1.807, 2.05) is 0 Å². The van der Waals surface area contributed by atoms with Crippen molar-refractivity contribution in [1.29, 1.82) is 0 Å². The van der Waals surface area contributed by atoms with Crippen molar-refractivity contribution >= 4 is 33.5 Å². The zero-order valence-electron chi connectivity index (χ0n) is 11.4. The molecular formula is C11H13ClF5NO3S2. The molecule has 0 aliphatic rings. The Morgan fingerprint density at radius 1 is 1.13 bits per heavy atom. The average Bonchev–Trinajstić information content (AvgIpc) is 2.37. The van der Waals surface area contributed by atoms with Gasteiger partial charge < -0.3 is 10.3 Å². The summed E-state index contributed by atoms with van der Waals surface area (Å²) in [6.07, 6.45) is -5.19. The SMILES string of the molecule is O=S(=O)([O-])c1ccc(Cl)cc1.[NH3+]CCCSC(F)(F)C(F)(F)F. The van der Waals surface area contributed by atoms with Crippen LogP contribution in [0.25, 0.3) is 0 Å². The lowest BCUT2D eigenvalue weighted by atomic mass is 10.4. The highest BCUT2D eigenvalue weighted by Gasteiger charge is 2.57. The summed E-state index contributed by atoms with van der Waals surface area (Å²) in [7, 11) is -4.33. The van der Waals surface area contributed by atoms with Gasteiger partial charge in [-0.3, -0.25) is 0 Å². The summed E-state index contributed by atoms with van der Waals surface area (Å²) in [5.74, 6) is -0.226. The Hall–Kier alpha value is -0.620. The molecule has 23 heavy (non-hydrogen) atoms. The van der Waals surface area contributed by atoms with Gasteiger partial charge in [0.25, 0.3) is 0 Å². The molecule has 12 heteroatoms. The molecular weight excluding hydrogens is 389 g/mol. The summed E-state index contributed by atoms with van der Waals surface area (Å²) in [5.41, 5.74) is 3.33.